The van der Waals surface area contributed by atoms with Crippen molar-refractivity contribution in [1.29, 1.82) is 5.26 Å². The summed E-state index contributed by atoms with van der Waals surface area (Å²) in [5.74, 6) is -1.18. The third-order valence-electron chi connectivity index (χ3n) is 2.42. The lowest BCUT2D eigenvalue weighted by Crippen LogP contribution is -1.96. The molecule has 2 aromatic carbocycles. The maximum Gasteiger partial charge on any atom is 0.150 e. The van der Waals surface area contributed by atoms with E-state index >= 15 is 0 Å². The van der Waals surface area contributed by atoms with Crippen LogP contribution in [-0.2, 0) is 0 Å². The van der Waals surface area contributed by atoms with E-state index in [0.717, 1.165) is 0 Å². The van der Waals surface area contributed by atoms with Crippen molar-refractivity contribution in [2.24, 2.45) is 0 Å². The lowest BCUT2D eigenvalue weighted by molar-refractivity contribution is 0.623. The predicted octanol–water partition coefficient (Wildman–Crippen LogP) is 3.09. The first-order valence-corrected chi connectivity index (χ1v) is 4.87. The van der Waals surface area contributed by atoms with Crippen LogP contribution in [0.3, 0.4) is 0 Å². The van der Waals surface area contributed by atoms with Gasteiger partial charge in [-0.2, -0.15) is 5.26 Å². The van der Waals surface area contributed by atoms with Crippen LogP contribution in [0.15, 0.2) is 36.4 Å². The third-order valence-corrected chi connectivity index (χ3v) is 2.42. The van der Waals surface area contributed by atoms with Crippen LogP contribution >= 0.6 is 0 Å². The highest BCUT2D eigenvalue weighted by Crippen LogP contribution is 2.28. The Morgan fingerprint density at radius 1 is 1.12 bits per heavy atom. The van der Waals surface area contributed by atoms with Crippen LogP contribution < -0.4 is 5.73 Å². The van der Waals surface area contributed by atoms with Crippen LogP contribution in [0.1, 0.15) is 5.56 Å². The van der Waals surface area contributed by atoms with Gasteiger partial charge >= 0.3 is 0 Å². The molecule has 0 aliphatic carbocycles. The zero-order valence-corrected chi connectivity index (χ0v) is 8.74. The van der Waals surface area contributed by atoms with Gasteiger partial charge in [0.2, 0.25) is 0 Å². The lowest BCUT2D eigenvalue weighted by atomic mass is 10.0. The van der Waals surface area contributed by atoms with Crippen molar-refractivity contribution in [3.05, 3.63) is 53.6 Å². The molecule has 4 heteroatoms. The monoisotopic (exact) mass is 230 g/mol. The normalized spacial score (nSPS) is 9.94. The average molecular weight is 230 g/mol. The Bertz CT molecular complexity index is 615. The number of nitrogens with two attached hydrogens (primary N) is 1. The van der Waals surface area contributed by atoms with Crippen LogP contribution in [0, 0.1) is 23.0 Å². The van der Waals surface area contributed by atoms with E-state index < -0.39 is 11.6 Å². The fourth-order valence-electron chi connectivity index (χ4n) is 1.58. The first-order valence-electron chi connectivity index (χ1n) is 4.87. The van der Waals surface area contributed by atoms with E-state index in [1.807, 2.05) is 0 Å². The minimum Gasteiger partial charge on any atom is -0.398 e. The molecule has 84 valence electrons. The summed E-state index contributed by atoms with van der Waals surface area (Å²) in [5, 5.41) is 8.78. The van der Waals surface area contributed by atoms with Crippen LogP contribution in [0.4, 0.5) is 14.5 Å². The molecule has 0 unspecified atom stereocenters. The molecule has 0 amide bonds. The first-order chi connectivity index (χ1) is 8.13. The molecule has 17 heavy (non-hydrogen) atoms. The maximum absolute atomic E-state index is 13.9. The van der Waals surface area contributed by atoms with Gasteiger partial charge in [0.1, 0.15) is 17.4 Å². The Labute approximate surface area is 96.9 Å². The third kappa shape index (κ3) is 1.95. The van der Waals surface area contributed by atoms with Crippen LogP contribution in [0.25, 0.3) is 11.1 Å². The van der Waals surface area contributed by atoms with Gasteiger partial charge in [0, 0.05) is 5.56 Å². The Morgan fingerprint density at radius 3 is 2.53 bits per heavy atom. The van der Waals surface area contributed by atoms with Crippen LogP contribution in [-0.4, -0.2) is 0 Å². The standard InChI is InChI=1S/C13H8F2N2/c14-9-3-1-2-8(6-9)10-4-5-12(17)11(7-16)13(10)15/h1-6H,17H2. The summed E-state index contributed by atoms with van der Waals surface area (Å²) in [6, 6.07) is 10.1. The molecule has 2 N–H and O–H groups in total. The van der Waals surface area contributed by atoms with Crippen molar-refractivity contribution >= 4 is 5.69 Å². The number of nitrogens with zero attached hydrogens (tertiary/aromatic N) is 1. The van der Waals surface area contributed by atoms with Crippen molar-refractivity contribution in [1.82, 2.24) is 0 Å². The molecule has 0 spiro atoms. The summed E-state index contributed by atoms with van der Waals surface area (Å²) in [6.07, 6.45) is 0. The fraction of sp³-hybridized carbons (Fsp3) is 0. The molecule has 0 radical (unpaired) electrons. The summed E-state index contributed by atoms with van der Waals surface area (Å²) < 4.78 is 27.0. The van der Waals surface area contributed by atoms with Crippen LogP contribution in [0.5, 0.6) is 0 Å². The average Bonchev–Trinajstić information content (AvgIpc) is 2.29. The smallest absolute Gasteiger partial charge is 0.150 e. The molecule has 0 aliphatic rings. The molecular weight excluding hydrogens is 222 g/mol. The summed E-state index contributed by atoms with van der Waals surface area (Å²) in [4.78, 5) is 0. The quantitative estimate of drug-likeness (QED) is 0.765. The second kappa shape index (κ2) is 4.22. The molecule has 0 fully saturated rings. The number of benzene rings is 2. The van der Waals surface area contributed by atoms with E-state index in [1.54, 1.807) is 12.1 Å². The number of hydrogen-bond donors (Lipinski definition) is 1. The SMILES string of the molecule is N#Cc1c(N)ccc(-c2cccc(F)c2)c1F. The van der Waals surface area contributed by atoms with Gasteiger partial charge in [-0.25, -0.2) is 8.78 Å². The molecule has 0 aromatic heterocycles. The van der Waals surface area contributed by atoms with Gasteiger partial charge in [0.15, 0.2) is 5.82 Å². The molecule has 2 rings (SSSR count). The van der Waals surface area contributed by atoms with E-state index in [0.29, 0.717) is 5.56 Å². The number of rotatable bonds is 1. The van der Waals surface area contributed by atoms with Crippen molar-refractivity contribution in [2.75, 3.05) is 5.73 Å². The molecule has 2 aromatic rings. The van der Waals surface area contributed by atoms with Gasteiger partial charge in [-0.05, 0) is 29.8 Å². The summed E-state index contributed by atoms with van der Waals surface area (Å²) in [7, 11) is 0. The highest BCUT2D eigenvalue weighted by Gasteiger charge is 2.13. The predicted molar refractivity (Wildman–Crippen MR) is 60.9 cm³/mol. The lowest BCUT2D eigenvalue weighted by Gasteiger charge is -2.06. The molecule has 0 bridgehead atoms. The minimum atomic E-state index is -0.724. The van der Waals surface area contributed by atoms with Gasteiger partial charge in [-0.15, -0.1) is 0 Å². The van der Waals surface area contributed by atoms with Crippen molar-refractivity contribution in [2.45, 2.75) is 0 Å². The number of nitriles is 1. The van der Waals surface area contributed by atoms with Gasteiger partial charge in [0.25, 0.3) is 0 Å². The minimum absolute atomic E-state index is 0.0742. The largest absolute Gasteiger partial charge is 0.398 e. The number of anilines is 1. The van der Waals surface area contributed by atoms with Gasteiger partial charge in [-0.1, -0.05) is 12.1 Å². The second-order valence-corrected chi connectivity index (χ2v) is 3.51. The van der Waals surface area contributed by atoms with E-state index in [-0.39, 0.29) is 16.8 Å². The number of hydrogen-bond acceptors (Lipinski definition) is 2. The molecule has 0 aliphatic heterocycles. The van der Waals surface area contributed by atoms with Gasteiger partial charge in [0.05, 0.1) is 5.69 Å². The van der Waals surface area contributed by atoms with Crippen molar-refractivity contribution in [3.63, 3.8) is 0 Å². The number of halogens is 2. The van der Waals surface area contributed by atoms with Crippen molar-refractivity contribution in [3.8, 4) is 17.2 Å². The summed E-state index contributed by atoms with van der Waals surface area (Å²) in [6.45, 7) is 0. The molecule has 0 saturated heterocycles. The van der Waals surface area contributed by atoms with Crippen LogP contribution in [0.2, 0.25) is 0 Å². The molecule has 2 nitrogen and oxygen atoms in total. The summed E-state index contributed by atoms with van der Waals surface area (Å²) >= 11 is 0. The van der Waals surface area contributed by atoms with E-state index in [2.05, 4.69) is 0 Å². The first kappa shape index (κ1) is 11.1. The Morgan fingerprint density at radius 2 is 1.88 bits per heavy atom. The topological polar surface area (TPSA) is 49.8 Å². The zero-order chi connectivity index (χ0) is 12.4. The van der Waals surface area contributed by atoms with Crippen molar-refractivity contribution < 1.29 is 8.78 Å². The molecule has 0 atom stereocenters. The van der Waals surface area contributed by atoms with Gasteiger partial charge in [-0.3, -0.25) is 0 Å². The van der Waals surface area contributed by atoms with E-state index in [9.17, 15) is 8.78 Å². The van der Waals surface area contributed by atoms with Gasteiger partial charge < -0.3 is 5.73 Å². The van der Waals surface area contributed by atoms with E-state index in [1.165, 1.54) is 30.3 Å². The molecule has 0 heterocycles. The summed E-state index contributed by atoms with van der Waals surface area (Å²) in [5.41, 5.74) is 5.87. The fourth-order valence-corrected chi connectivity index (χ4v) is 1.58. The number of nitrogen functional groups attached to an aromatic ring is 1. The molecular formula is C13H8F2N2. The highest BCUT2D eigenvalue weighted by atomic mass is 19.1. The zero-order valence-electron chi connectivity index (χ0n) is 8.74. The molecule has 0 saturated carbocycles. The Hall–Kier alpha value is -2.41. The Kier molecular flexibility index (Phi) is 2.75. The second-order valence-electron chi connectivity index (χ2n) is 3.51. The highest BCUT2D eigenvalue weighted by molar-refractivity contribution is 5.70. The Balaban J connectivity index is 2.66. The maximum atomic E-state index is 13.9. The van der Waals surface area contributed by atoms with E-state index in [4.69, 9.17) is 11.0 Å².